The number of esters is 1. The Bertz CT molecular complexity index is 1060. The number of rotatable bonds is 11. The molecule has 214 valence electrons. The molecule has 2 aromatic rings. The highest BCUT2D eigenvalue weighted by molar-refractivity contribution is 5.65. The summed E-state index contributed by atoms with van der Waals surface area (Å²) in [5.41, 5.74) is 2.02. The topological polar surface area (TPSA) is 90.9 Å². The SMILES string of the molecule is COc1ccc(CO[C@H]2[C@H]3O[C@](C)(OC)[C@@](C)(OC)O[C@@H]3[C@H](COC(C)=O)C[C@@H]2OCc2ccccc2)cc1. The van der Waals surface area contributed by atoms with E-state index in [1.807, 2.05) is 54.6 Å². The van der Waals surface area contributed by atoms with Crippen LogP contribution in [0.4, 0.5) is 0 Å². The molecule has 0 amide bonds. The summed E-state index contributed by atoms with van der Waals surface area (Å²) in [7, 11) is 4.74. The van der Waals surface area contributed by atoms with E-state index in [-0.39, 0.29) is 24.6 Å². The largest absolute Gasteiger partial charge is 0.497 e. The van der Waals surface area contributed by atoms with Gasteiger partial charge in [0.05, 0.1) is 39.1 Å². The van der Waals surface area contributed by atoms with Crippen molar-refractivity contribution in [1.29, 1.82) is 0 Å². The fourth-order valence-corrected chi connectivity index (χ4v) is 5.18. The molecule has 2 aromatic carbocycles. The molecule has 7 atom stereocenters. The van der Waals surface area contributed by atoms with Gasteiger partial charge < -0.3 is 37.9 Å². The van der Waals surface area contributed by atoms with Gasteiger partial charge >= 0.3 is 5.97 Å². The van der Waals surface area contributed by atoms with E-state index in [1.54, 1.807) is 35.2 Å². The molecule has 1 heterocycles. The van der Waals surface area contributed by atoms with Gasteiger partial charge in [-0.25, -0.2) is 0 Å². The number of ether oxygens (including phenoxy) is 8. The van der Waals surface area contributed by atoms with Crippen LogP contribution in [0.1, 0.15) is 38.3 Å². The number of hydrogen-bond donors (Lipinski definition) is 0. The first-order valence-corrected chi connectivity index (χ1v) is 13.2. The summed E-state index contributed by atoms with van der Waals surface area (Å²) in [6, 6.07) is 17.7. The molecule has 1 saturated carbocycles. The average Bonchev–Trinajstić information content (AvgIpc) is 2.95. The number of carbonyl (C=O) groups is 1. The minimum absolute atomic E-state index is 0.153. The summed E-state index contributed by atoms with van der Waals surface area (Å²) in [6.07, 6.45) is -1.45. The van der Waals surface area contributed by atoms with Gasteiger partial charge in [-0.05, 0) is 43.5 Å². The maximum Gasteiger partial charge on any atom is 0.302 e. The molecule has 1 saturated heterocycles. The van der Waals surface area contributed by atoms with Gasteiger partial charge in [-0.15, -0.1) is 0 Å². The van der Waals surface area contributed by atoms with Crippen LogP contribution in [-0.2, 0) is 51.2 Å². The van der Waals surface area contributed by atoms with Gasteiger partial charge in [0.2, 0.25) is 11.6 Å². The molecule has 1 aliphatic heterocycles. The normalized spacial score (nSPS) is 32.3. The van der Waals surface area contributed by atoms with Crippen molar-refractivity contribution >= 4 is 5.97 Å². The lowest BCUT2D eigenvalue weighted by molar-refractivity contribution is -0.467. The Morgan fingerprint density at radius 2 is 1.44 bits per heavy atom. The highest BCUT2D eigenvalue weighted by Crippen LogP contribution is 2.46. The molecule has 2 aliphatic rings. The Labute approximate surface area is 230 Å². The van der Waals surface area contributed by atoms with Crippen LogP contribution < -0.4 is 4.74 Å². The number of methoxy groups -OCH3 is 3. The van der Waals surface area contributed by atoms with Crippen molar-refractivity contribution in [3.8, 4) is 5.75 Å². The smallest absolute Gasteiger partial charge is 0.302 e. The molecule has 4 rings (SSSR count). The van der Waals surface area contributed by atoms with E-state index in [9.17, 15) is 4.79 Å². The van der Waals surface area contributed by atoms with Crippen molar-refractivity contribution in [3.63, 3.8) is 0 Å². The van der Waals surface area contributed by atoms with Crippen molar-refractivity contribution in [1.82, 2.24) is 0 Å². The van der Waals surface area contributed by atoms with Crippen molar-refractivity contribution in [2.75, 3.05) is 27.9 Å². The van der Waals surface area contributed by atoms with Crippen LogP contribution in [0.15, 0.2) is 54.6 Å². The minimum atomic E-state index is -1.24. The number of fused-ring (bicyclic) bond motifs is 1. The highest BCUT2D eigenvalue weighted by Gasteiger charge is 2.62. The van der Waals surface area contributed by atoms with E-state index in [4.69, 9.17) is 37.9 Å². The Hall–Kier alpha value is -2.53. The van der Waals surface area contributed by atoms with Crippen molar-refractivity contribution in [2.45, 2.75) is 76.4 Å². The van der Waals surface area contributed by atoms with Crippen LogP contribution in [0, 0.1) is 5.92 Å². The quantitative estimate of drug-likeness (QED) is 0.385. The summed E-state index contributed by atoms with van der Waals surface area (Å²) >= 11 is 0. The lowest BCUT2D eigenvalue weighted by Crippen LogP contribution is -2.71. The fraction of sp³-hybridized carbons (Fsp3) is 0.567. The third kappa shape index (κ3) is 6.62. The Morgan fingerprint density at radius 3 is 2.03 bits per heavy atom. The van der Waals surface area contributed by atoms with Gasteiger partial charge in [0, 0.05) is 27.1 Å². The van der Waals surface area contributed by atoms with Gasteiger partial charge in [0.25, 0.3) is 0 Å². The Kier molecular flexibility index (Phi) is 9.64. The first-order chi connectivity index (χ1) is 18.7. The van der Waals surface area contributed by atoms with Crippen molar-refractivity contribution < 1.29 is 42.7 Å². The molecule has 0 radical (unpaired) electrons. The van der Waals surface area contributed by atoms with Crippen LogP contribution in [0.2, 0.25) is 0 Å². The van der Waals surface area contributed by atoms with Crippen LogP contribution in [0.3, 0.4) is 0 Å². The third-order valence-electron chi connectivity index (χ3n) is 7.75. The van der Waals surface area contributed by atoms with Gasteiger partial charge in [0.1, 0.15) is 18.0 Å². The second-order valence-electron chi connectivity index (χ2n) is 10.2. The zero-order chi connectivity index (χ0) is 28.0. The van der Waals surface area contributed by atoms with Crippen molar-refractivity contribution in [3.05, 3.63) is 65.7 Å². The van der Waals surface area contributed by atoms with Crippen LogP contribution in [0.5, 0.6) is 5.75 Å². The summed E-state index contributed by atoms with van der Waals surface area (Å²) in [6.45, 7) is 5.82. The highest BCUT2D eigenvalue weighted by atomic mass is 16.8. The zero-order valence-electron chi connectivity index (χ0n) is 23.6. The molecule has 0 bridgehead atoms. The molecule has 9 heteroatoms. The van der Waals surface area contributed by atoms with Gasteiger partial charge in [-0.2, -0.15) is 0 Å². The number of hydrogen-bond acceptors (Lipinski definition) is 9. The summed E-state index contributed by atoms with van der Waals surface area (Å²) in [5, 5.41) is 0. The zero-order valence-corrected chi connectivity index (χ0v) is 23.6. The Morgan fingerprint density at radius 1 is 0.846 bits per heavy atom. The first kappa shape index (κ1) is 29.5. The molecular weight excluding hydrogens is 504 g/mol. The van der Waals surface area contributed by atoms with E-state index in [0.717, 1.165) is 16.9 Å². The van der Waals surface area contributed by atoms with Gasteiger partial charge in [-0.1, -0.05) is 42.5 Å². The van der Waals surface area contributed by atoms with Gasteiger partial charge in [-0.3, -0.25) is 4.79 Å². The second kappa shape index (κ2) is 12.8. The second-order valence-corrected chi connectivity index (χ2v) is 10.2. The van der Waals surface area contributed by atoms with E-state index in [1.165, 1.54) is 6.92 Å². The average molecular weight is 545 g/mol. The van der Waals surface area contributed by atoms with Crippen molar-refractivity contribution in [2.24, 2.45) is 5.92 Å². The van der Waals surface area contributed by atoms with Crippen LogP contribution in [0.25, 0.3) is 0 Å². The molecule has 2 fully saturated rings. The summed E-state index contributed by atoms with van der Waals surface area (Å²) in [5.74, 6) is -2.27. The van der Waals surface area contributed by atoms with E-state index in [2.05, 4.69) is 0 Å². The van der Waals surface area contributed by atoms with E-state index >= 15 is 0 Å². The number of carbonyl (C=O) groups excluding carboxylic acids is 1. The lowest BCUT2D eigenvalue weighted by Gasteiger charge is -2.57. The fourth-order valence-electron chi connectivity index (χ4n) is 5.18. The van der Waals surface area contributed by atoms with E-state index in [0.29, 0.717) is 19.6 Å². The molecule has 0 spiro atoms. The van der Waals surface area contributed by atoms with E-state index < -0.39 is 29.9 Å². The molecule has 0 aromatic heterocycles. The van der Waals surface area contributed by atoms with Crippen LogP contribution >= 0.6 is 0 Å². The predicted octanol–water partition coefficient (Wildman–Crippen LogP) is 4.26. The molecule has 39 heavy (non-hydrogen) atoms. The Balaban J connectivity index is 1.64. The molecular formula is C30H40O9. The first-order valence-electron chi connectivity index (χ1n) is 13.2. The predicted molar refractivity (Wildman–Crippen MR) is 142 cm³/mol. The molecule has 0 N–H and O–H groups in total. The molecule has 9 nitrogen and oxygen atoms in total. The van der Waals surface area contributed by atoms with Crippen LogP contribution in [-0.4, -0.2) is 69.9 Å². The number of benzene rings is 2. The lowest BCUT2D eigenvalue weighted by atomic mass is 9.79. The molecule has 1 aliphatic carbocycles. The maximum atomic E-state index is 11.7. The maximum absolute atomic E-state index is 11.7. The summed E-state index contributed by atoms with van der Waals surface area (Å²) < 4.78 is 48.6. The molecule has 0 unspecified atom stereocenters. The third-order valence-corrected chi connectivity index (χ3v) is 7.75. The standard InChI is InChI=1S/C30H40O9/c1-20(31)35-19-23-16-25(36-17-21-10-8-7-9-11-21)27(37-18-22-12-14-24(32-4)15-13-22)28-26(23)38-29(2,33-5)30(3,34-6)39-28/h7-15,23,25-28H,16-19H2,1-6H3/t23-,25-,26+,27+,28-,29-,30-/m0/s1. The van der Waals surface area contributed by atoms with Gasteiger partial charge in [0.15, 0.2) is 0 Å². The monoisotopic (exact) mass is 544 g/mol. The summed E-state index contributed by atoms with van der Waals surface area (Å²) in [4.78, 5) is 11.7. The minimum Gasteiger partial charge on any atom is -0.497 e.